The van der Waals surface area contributed by atoms with Gasteiger partial charge in [-0.15, -0.1) is 0 Å². The van der Waals surface area contributed by atoms with E-state index in [0.717, 1.165) is 25.7 Å². The van der Waals surface area contributed by atoms with E-state index in [-0.39, 0.29) is 24.0 Å². The van der Waals surface area contributed by atoms with Gasteiger partial charge in [0.2, 0.25) is 5.91 Å². The van der Waals surface area contributed by atoms with E-state index in [4.69, 9.17) is 0 Å². The Balaban J connectivity index is 2.23. The van der Waals surface area contributed by atoms with Crippen molar-refractivity contribution in [2.45, 2.75) is 44.7 Å². The van der Waals surface area contributed by atoms with Crippen molar-refractivity contribution in [1.29, 1.82) is 0 Å². The first-order chi connectivity index (χ1) is 7.11. The highest BCUT2D eigenvalue weighted by Crippen LogP contribution is 2.18. The molecule has 0 radical (unpaired) electrons. The fourth-order valence-electron chi connectivity index (χ4n) is 1.93. The second-order valence-electron chi connectivity index (χ2n) is 3.97. The van der Waals surface area contributed by atoms with Crippen LogP contribution >= 0.6 is 0 Å². The molecular formula is C10H19N3O2. The average Bonchev–Trinajstić information content (AvgIpc) is 2.20. The summed E-state index contributed by atoms with van der Waals surface area (Å²) in [6.07, 6.45) is 3.74. The molecule has 0 aromatic heterocycles. The van der Waals surface area contributed by atoms with Gasteiger partial charge in [0.15, 0.2) is 0 Å². The van der Waals surface area contributed by atoms with Gasteiger partial charge in [-0.3, -0.25) is 4.79 Å². The molecule has 0 unspecified atom stereocenters. The summed E-state index contributed by atoms with van der Waals surface area (Å²) >= 11 is 0. The minimum absolute atomic E-state index is 0.0257. The first-order valence-electron chi connectivity index (χ1n) is 5.37. The summed E-state index contributed by atoms with van der Waals surface area (Å²) in [6.45, 7) is 1.54. The predicted molar refractivity (Wildman–Crippen MR) is 57.5 cm³/mol. The lowest BCUT2D eigenvalue weighted by molar-refractivity contribution is -0.119. The topological polar surface area (TPSA) is 70.2 Å². The normalized spacial score (nSPS) is 25.5. The molecule has 0 aliphatic heterocycles. The van der Waals surface area contributed by atoms with Crippen LogP contribution in [-0.4, -0.2) is 31.1 Å². The van der Waals surface area contributed by atoms with Crippen LogP contribution in [0.15, 0.2) is 0 Å². The van der Waals surface area contributed by atoms with Crippen molar-refractivity contribution in [2.75, 3.05) is 7.05 Å². The van der Waals surface area contributed by atoms with Gasteiger partial charge in [0.1, 0.15) is 0 Å². The summed E-state index contributed by atoms with van der Waals surface area (Å²) in [5.74, 6) is 0.0257. The molecule has 5 nitrogen and oxygen atoms in total. The van der Waals surface area contributed by atoms with Gasteiger partial charge in [-0.05, 0) is 25.7 Å². The van der Waals surface area contributed by atoms with Gasteiger partial charge in [-0.25, -0.2) is 4.79 Å². The molecule has 0 atom stereocenters. The third kappa shape index (κ3) is 4.18. The second-order valence-corrected chi connectivity index (χ2v) is 3.97. The van der Waals surface area contributed by atoms with E-state index < -0.39 is 0 Å². The van der Waals surface area contributed by atoms with E-state index in [1.807, 2.05) is 0 Å². The van der Waals surface area contributed by atoms with Crippen LogP contribution in [0.3, 0.4) is 0 Å². The minimum atomic E-state index is -0.127. The van der Waals surface area contributed by atoms with Crippen LogP contribution in [0.5, 0.6) is 0 Å². The van der Waals surface area contributed by atoms with Crippen molar-refractivity contribution in [1.82, 2.24) is 16.0 Å². The summed E-state index contributed by atoms with van der Waals surface area (Å²) in [5, 5.41) is 8.32. The van der Waals surface area contributed by atoms with E-state index in [1.165, 1.54) is 6.92 Å². The van der Waals surface area contributed by atoms with Gasteiger partial charge < -0.3 is 16.0 Å². The lowest BCUT2D eigenvalue weighted by Gasteiger charge is -2.29. The molecule has 1 aliphatic rings. The van der Waals surface area contributed by atoms with Crippen LogP contribution < -0.4 is 16.0 Å². The molecule has 0 aromatic rings. The van der Waals surface area contributed by atoms with Gasteiger partial charge >= 0.3 is 6.03 Å². The maximum Gasteiger partial charge on any atom is 0.314 e. The lowest BCUT2D eigenvalue weighted by atomic mass is 9.91. The number of hydrogen-bond donors (Lipinski definition) is 3. The quantitative estimate of drug-likeness (QED) is 0.620. The second kappa shape index (κ2) is 5.58. The van der Waals surface area contributed by atoms with Gasteiger partial charge in [0, 0.05) is 26.1 Å². The zero-order chi connectivity index (χ0) is 11.3. The van der Waals surface area contributed by atoms with E-state index in [9.17, 15) is 9.59 Å². The lowest BCUT2D eigenvalue weighted by Crippen LogP contribution is -2.45. The van der Waals surface area contributed by atoms with Gasteiger partial charge in [-0.2, -0.15) is 0 Å². The average molecular weight is 213 g/mol. The SMILES string of the molecule is CNC(=O)NC1CCC(NC(C)=O)CC1. The van der Waals surface area contributed by atoms with Crippen LogP contribution in [0.4, 0.5) is 4.79 Å². The maximum atomic E-state index is 11.0. The summed E-state index contributed by atoms with van der Waals surface area (Å²) in [4.78, 5) is 21.9. The molecule has 1 aliphatic carbocycles. The molecule has 5 heteroatoms. The third-order valence-corrected chi connectivity index (χ3v) is 2.70. The number of amides is 3. The number of rotatable bonds is 2. The zero-order valence-electron chi connectivity index (χ0n) is 9.30. The summed E-state index contributed by atoms with van der Waals surface area (Å²) in [7, 11) is 1.61. The van der Waals surface area contributed by atoms with Crippen molar-refractivity contribution < 1.29 is 9.59 Å². The zero-order valence-corrected chi connectivity index (χ0v) is 9.30. The largest absolute Gasteiger partial charge is 0.354 e. The minimum Gasteiger partial charge on any atom is -0.354 e. The van der Waals surface area contributed by atoms with Crippen LogP contribution in [-0.2, 0) is 4.79 Å². The fourth-order valence-corrected chi connectivity index (χ4v) is 1.93. The van der Waals surface area contributed by atoms with Crippen LogP contribution in [0.25, 0.3) is 0 Å². The van der Waals surface area contributed by atoms with Gasteiger partial charge in [-0.1, -0.05) is 0 Å². The highest BCUT2D eigenvalue weighted by atomic mass is 16.2. The van der Waals surface area contributed by atoms with Crippen molar-refractivity contribution >= 4 is 11.9 Å². The Hall–Kier alpha value is -1.26. The van der Waals surface area contributed by atoms with Crippen molar-refractivity contribution in [3.63, 3.8) is 0 Å². The first-order valence-corrected chi connectivity index (χ1v) is 5.37. The molecule has 15 heavy (non-hydrogen) atoms. The smallest absolute Gasteiger partial charge is 0.314 e. The molecule has 1 rings (SSSR count). The Morgan fingerprint density at radius 1 is 1.00 bits per heavy atom. The molecule has 1 saturated carbocycles. The fraction of sp³-hybridized carbons (Fsp3) is 0.800. The molecule has 0 saturated heterocycles. The van der Waals surface area contributed by atoms with Gasteiger partial charge in [0.05, 0.1) is 0 Å². The molecule has 0 bridgehead atoms. The van der Waals surface area contributed by atoms with Crippen molar-refractivity contribution in [3.05, 3.63) is 0 Å². The van der Waals surface area contributed by atoms with Gasteiger partial charge in [0.25, 0.3) is 0 Å². The summed E-state index contributed by atoms with van der Waals surface area (Å²) in [5.41, 5.74) is 0. The van der Waals surface area contributed by atoms with Crippen molar-refractivity contribution in [3.8, 4) is 0 Å². The Morgan fingerprint density at radius 2 is 1.47 bits per heavy atom. The van der Waals surface area contributed by atoms with Crippen molar-refractivity contribution in [2.24, 2.45) is 0 Å². The number of carbonyl (C=O) groups is 2. The Morgan fingerprint density at radius 3 is 1.87 bits per heavy atom. The summed E-state index contributed by atoms with van der Waals surface area (Å²) < 4.78 is 0. The van der Waals surface area contributed by atoms with E-state index in [2.05, 4.69) is 16.0 Å². The molecule has 1 fully saturated rings. The van der Waals surface area contributed by atoms with E-state index in [0.29, 0.717) is 0 Å². The molecule has 0 heterocycles. The molecule has 86 valence electrons. The number of nitrogens with one attached hydrogen (secondary N) is 3. The first kappa shape index (κ1) is 11.8. The molecule has 3 N–H and O–H groups in total. The Labute approximate surface area is 90.0 Å². The number of urea groups is 1. The maximum absolute atomic E-state index is 11.0. The number of hydrogen-bond acceptors (Lipinski definition) is 2. The summed E-state index contributed by atoms with van der Waals surface area (Å²) in [6, 6.07) is 0.401. The highest BCUT2D eigenvalue weighted by Gasteiger charge is 2.22. The van der Waals surface area contributed by atoms with Crippen LogP contribution in [0, 0.1) is 0 Å². The number of carbonyl (C=O) groups excluding carboxylic acids is 2. The van der Waals surface area contributed by atoms with E-state index >= 15 is 0 Å². The van der Waals surface area contributed by atoms with E-state index in [1.54, 1.807) is 7.05 Å². The molecule has 3 amide bonds. The molecular weight excluding hydrogens is 194 g/mol. The standard InChI is InChI=1S/C10H19N3O2/c1-7(14)12-8-3-5-9(6-4-8)13-10(15)11-2/h8-9H,3-6H2,1-2H3,(H,12,14)(H2,11,13,15). The Kier molecular flexibility index (Phi) is 4.39. The van der Waals surface area contributed by atoms with Crippen LogP contribution in [0.2, 0.25) is 0 Å². The predicted octanol–water partition coefficient (Wildman–Crippen LogP) is 0.363. The monoisotopic (exact) mass is 213 g/mol. The molecule has 0 spiro atoms. The Bertz CT molecular complexity index is 235. The third-order valence-electron chi connectivity index (χ3n) is 2.70. The molecule has 0 aromatic carbocycles. The highest BCUT2D eigenvalue weighted by molar-refractivity contribution is 5.74. The van der Waals surface area contributed by atoms with Crippen LogP contribution in [0.1, 0.15) is 32.6 Å².